The van der Waals surface area contributed by atoms with Crippen molar-refractivity contribution in [3.8, 4) is 5.75 Å². The topological polar surface area (TPSA) is 87.0 Å². The maximum atomic E-state index is 12.5. The summed E-state index contributed by atoms with van der Waals surface area (Å²) in [6.07, 6.45) is 0.271. The molecule has 1 aromatic heterocycles. The van der Waals surface area contributed by atoms with Crippen LogP contribution in [-0.4, -0.2) is 45.5 Å². The van der Waals surface area contributed by atoms with Crippen molar-refractivity contribution < 1.29 is 22.7 Å². The molecular formula is C21H24N2O5S2. The fourth-order valence-corrected chi connectivity index (χ4v) is 5.37. The molecule has 0 aliphatic rings. The molecule has 1 heterocycles. The first-order chi connectivity index (χ1) is 14.4. The van der Waals surface area contributed by atoms with E-state index in [1.807, 2.05) is 28.8 Å². The lowest BCUT2D eigenvalue weighted by Gasteiger charge is -2.05. The second kappa shape index (κ2) is 10.0. The number of carbonyl (C=O) groups excluding carboxylic acids is 1. The summed E-state index contributed by atoms with van der Waals surface area (Å²) in [5, 5.41) is 0. The zero-order valence-electron chi connectivity index (χ0n) is 16.9. The van der Waals surface area contributed by atoms with Crippen LogP contribution in [0.15, 0.2) is 58.4 Å². The van der Waals surface area contributed by atoms with Gasteiger partial charge in [0.2, 0.25) is 5.91 Å². The van der Waals surface area contributed by atoms with Gasteiger partial charge in [-0.15, -0.1) is 0 Å². The van der Waals surface area contributed by atoms with Crippen molar-refractivity contribution in [3.05, 3.63) is 53.3 Å². The molecule has 0 radical (unpaired) electrons. The van der Waals surface area contributed by atoms with Crippen LogP contribution < -0.4 is 9.54 Å². The monoisotopic (exact) mass is 448 g/mol. The van der Waals surface area contributed by atoms with Crippen molar-refractivity contribution in [2.75, 3.05) is 26.6 Å². The number of thiazole rings is 1. The van der Waals surface area contributed by atoms with Gasteiger partial charge in [-0.2, -0.15) is 4.99 Å². The van der Waals surface area contributed by atoms with Gasteiger partial charge in [-0.25, -0.2) is 8.42 Å². The van der Waals surface area contributed by atoms with Gasteiger partial charge in [-0.3, -0.25) is 4.79 Å². The number of ether oxygens (including phenoxy) is 2. The number of sulfone groups is 1. The van der Waals surface area contributed by atoms with E-state index < -0.39 is 9.84 Å². The fraction of sp³-hybridized carbons (Fsp3) is 0.333. The summed E-state index contributed by atoms with van der Waals surface area (Å²) in [5.41, 5.74) is 0.994. The van der Waals surface area contributed by atoms with Crippen molar-refractivity contribution in [3.63, 3.8) is 0 Å². The Morgan fingerprint density at radius 3 is 2.53 bits per heavy atom. The number of amides is 1. The van der Waals surface area contributed by atoms with E-state index in [1.165, 1.54) is 30.6 Å². The van der Waals surface area contributed by atoms with Gasteiger partial charge in [-0.05, 0) is 42.8 Å². The molecule has 0 N–H and O–H groups in total. The molecule has 1 amide bonds. The number of methoxy groups -OCH3 is 2. The quantitative estimate of drug-likeness (QED) is 0.502. The van der Waals surface area contributed by atoms with E-state index in [0.29, 0.717) is 23.7 Å². The van der Waals surface area contributed by atoms with Crippen LogP contribution in [0.1, 0.15) is 12.8 Å². The van der Waals surface area contributed by atoms with Crippen molar-refractivity contribution in [2.24, 2.45) is 4.99 Å². The van der Waals surface area contributed by atoms with E-state index >= 15 is 0 Å². The summed E-state index contributed by atoms with van der Waals surface area (Å²) >= 11 is 1.43. The zero-order chi connectivity index (χ0) is 21.6. The van der Waals surface area contributed by atoms with Gasteiger partial charge in [0.05, 0.1) is 34.6 Å². The molecule has 3 aromatic rings. The molecule has 30 heavy (non-hydrogen) atoms. The number of carbonyl (C=O) groups is 1. The number of aromatic nitrogens is 1. The van der Waals surface area contributed by atoms with Crippen LogP contribution in [0.2, 0.25) is 0 Å². The summed E-state index contributed by atoms with van der Waals surface area (Å²) in [4.78, 5) is 17.5. The number of para-hydroxylation sites is 1. The maximum absolute atomic E-state index is 12.5. The van der Waals surface area contributed by atoms with Gasteiger partial charge in [0, 0.05) is 20.1 Å². The highest BCUT2D eigenvalue weighted by molar-refractivity contribution is 7.91. The van der Waals surface area contributed by atoms with Crippen molar-refractivity contribution >= 4 is 37.3 Å². The maximum Gasteiger partial charge on any atom is 0.248 e. The first-order valence-corrected chi connectivity index (χ1v) is 11.9. The number of benzene rings is 2. The molecule has 2 aromatic carbocycles. The summed E-state index contributed by atoms with van der Waals surface area (Å²) in [6, 6.07) is 14.1. The molecule has 0 unspecified atom stereocenters. The fourth-order valence-electron chi connectivity index (χ4n) is 2.98. The lowest BCUT2D eigenvalue weighted by Crippen LogP contribution is -2.19. The highest BCUT2D eigenvalue weighted by Crippen LogP contribution is 2.18. The zero-order valence-corrected chi connectivity index (χ0v) is 18.5. The van der Waals surface area contributed by atoms with E-state index in [-0.39, 0.29) is 29.4 Å². The molecule has 0 aliphatic heterocycles. The van der Waals surface area contributed by atoms with Crippen LogP contribution in [0.3, 0.4) is 0 Å². The Kier molecular flexibility index (Phi) is 7.41. The standard InChI is InChI=1S/C21H24N2O5S2/c1-27-14-13-23-18-6-3-4-7-19(18)29-21(23)22-20(24)8-5-15-30(25,26)17-11-9-16(28-2)10-12-17/h3-4,6-7,9-12H,5,8,13-15H2,1-2H3. The molecule has 3 rings (SSSR count). The summed E-state index contributed by atoms with van der Waals surface area (Å²) in [5.74, 6) is 0.141. The smallest absolute Gasteiger partial charge is 0.248 e. The predicted molar refractivity (Wildman–Crippen MR) is 117 cm³/mol. The summed E-state index contributed by atoms with van der Waals surface area (Å²) in [6.45, 7) is 1.08. The molecule has 160 valence electrons. The molecule has 7 nitrogen and oxygen atoms in total. The number of fused-ring (bicyclic) bond motifs is 1. The van der Waals surface area contributed by atoms with Crippen molar-refractivity contribution in [1.29, 1.82) is 0 Å². The van der Waals surface area contributed by atoms with Crippen LogP contribution in [-0.2, 0) is 25.9 Å². The third-order valence-electron chi connectivity index (χ3n) is 4.55. The summed E-state index contributed by atoms with van der Waals surface area (Å²) in [7, 11) is -0.316. The molecule has 0 saturated heterocycles. The average Bonchev–Trinajstić information content (AvgIpc) is 3.08. The first-order valence-electron chi connectivity index (χ1n) is 9.46. The Labute approximate surface area is 179 Å². The van der Waals surface area contributed by atoms with Gasteiger partial charge in [-0.1, -0.05) is 23.5 Å². The van der Waals surface area contributed by atoms with Gasteiger partial charge >= 0.3 is 0 Å². The second-order valence-corrected chi connectivity index (χ2v) is 9.72. The number of nitrogens with zero attached hydrogens (tertiary/aromatic N) is 2. The predicted octanol–water partition coefficient (Wildman–Crippen LogP) is 3.04. The largest absolute Gasteiger partial charge is 0.497 e. The van der Waals surface area contributed by atoms with E-state index in [1.54, 1.807) is 19.2 Å². The first kappa shape index (κ1) is 22.2. The van der Waals surface area contributed by atoms with Gasteiger partial charge < -0.3 is 14.0 Å². The Bertz CT molecular complexity index is 1180. The Hall–Kier alpha value is -2.49. The number of hydrogen-bond donors (Lipinski definition) is 0. The minimum Gasteiger partial charge on any atom is -0.497 e. The van der Waals surface area contributed by atoms with E-state index in [2.05, 4.69) is 4.99 Å². The molecule has 0 bridgehead atoms. The Balaban J connectivity index is 1.70. The minimum absolute atomic E-state index is 0.0634. The van der Waals surface area contributed by atoms with Gasteiger partial charge in [0.1, 0.15) is 5.75 Å². The second-order valence-electron chi connectivity index (χ2n) is 6.60. The Morgan fingerprint density at radius 1 is 1.10 bits per heavy atom. The molecular weight excluding hydrogens is 424 g/mol. The number of hydrogen-bond acceptors (Lipinski definition) is 6. The van der Waals surface area contributed by atoms with E-state index in [4.69, 9.17) is 9.47 Å². The van der Waals surface area contributed by atoms with Crippen molar-refractivity contribution in [2.45, 2.75) is 24.3 Å². The van der Waals surface area contributed by atoms with Crippen LogP contribution >= 0.6 is 11.3 Å². The molecule has 0 saturated carbocycles. The van der Waals surface area contributed by atoms with Crippen LogP contribution in [0, 0.1) is 0 Å². The van der Waals surface area contributed by atoms with Crippen molar-refractivity contribution in [1.82, 2.24) is 4.57 Å². The Morgan fingerprint density at radius 2 is 1.83 bits per heavy atom. The molecule has 0 spiro atoms. The number of rotatable bonds is 9. The van der Waals surface area contributed by atoms with Gasteiger partial charge in [0.15, 0.2) is 14.6 Å². The molecule has 9 heteroatoms. The minimum atomic E-state index is -3.46. The third-order valence-corrected chi connectivity index (χ3v) is 7.43. The molecule has 0 atom stereocenters. The average molecular weight is 449 g/mol. The van der Waals surface area contributed by atoms with Crippen LogP contribution in [0.5, 0.6) is 5.75 Å². The highest BCUT2D eigenvalue weighted by Gasteiger charge is 2.15. The van der Waals surface area contributed by atoms with Gasteiger partial charge in [0.25, 0.3) is 0 Å². The third kappa shape index (κ3) is 5.35. The van der Waals surface area contributed by atoms with E-state index in [0.717, 1.165) is 10.2 Å². The lowest BCUT2D eigenvalue weighted by molar-refractivity contribution is -0.118. The van der Waals surface area contributed by atoms with Crippen LogP contribution in [0.25, 0.3) is 10.2 Å². The SMILES string of the molecule is COCCn1c(=NC(=O)CCCS(=O)(=O)c2ccc(OC)cc2)sc2ccccc21. The van der Waals surface area contributed by atoms with E-state index in [9.17, 15) is 13.2 Å². The van der Waals surface area contributed by atoms with Crippen LogP contribution in [0.4, 0.5) is 0 Å². The summed E-state index contributed by atoms with van der Waals surface area (Å²) < 4.78 is 38.1. The lowest BCUT2D eigenvalue weighted by atomic mass is 10.3. The highest BCUT2D eigenvalue weighted by atomic mass is 32.2. The molecule has 0 aliphatic carbocycles. The normalized spacial score (nSPS) is 12.4. The molecule has 0 fully saturated rings.